The Morgan fingerprint density at radius 1 is 1.43 bits per heavy atom. The van der Waals surface area contributed by atoms with E-state index in [0.29, 0.717) is 5.65 Å². The van der Waals surface area contributed by atoms with Crippen molar-refractivity contribution in [2.75, 3.05) is 7.05 Å². The van der Waals surface area contributed by atoms with Crippen molar-refractivity contribution in [3.63, 3.8) is 0 Å². The van der Waals surface area contributed by atoms with Crippen LogP contribution in [0.15, 0.2) is 12.3 Å². The zero-order valence-corrected chi connectivity index (χ0v) is 7.91. The lowest BCUT2D eigenvalue weighted by Crippen LogP contribution is -2.24. The summed E-state index contributed by atoms with van der Waals surface area (Å²) in [7, 11) is 1.99. The van der Waals surface area contributed by atoms with Gasteiger partial charge >= 0.3 is 0 Å². The maximum atomic E-state index is 4.25. The van der Waals surface area contributed by atoms with Crippen LogP contribution in [0.1, 0.15) is 18.4 Å². The minimum Gasteiger partial charge on any atom is -0.310 e. The summed E-state index contributed by atoms with van der Waals surface area (Å²) in [6.45, 7) is 0. The third-order valence-electron chi connectivity index (χ3n) is 2.95. The molecule has 0 aliphatic heterocycles. The Balaban J connectivity index is 2.13. The molecule has 3 rings (SSSR count). The Kier molecular flexibility index (Phi) is 1.41. The monoisotopic (exact) mass is 189 g/mol. The fourth-order valence-corrected chi connectivity index (χ4v) is 1.81. The fourth-order valence-electron chi connectivity index (χ4n) is 1.81. The van der Waals surface area contributed by atoms with Gasteiger partial charge in [0, 0.05) is 11.7 Å². The number of nitrogens with zero attached hydrogens (tertiary/aromatic N) is 3. The lowest BCUT2D eigenvalue weighted by atomic mass is 10.1. The van der Waals surface area contributed by atoms with Crippen molar-refractivity contribution < 1.29 is 0 Å². The molecular weight excluding hydrogens is 178 g/mol. The molecule has 14 heavy (non-hydrogen) atoms. The Hall–Kier alpha value is -1.49. The van der Waals surface area contributed by atoms with Gasteiger partial charge in [-0.2, -0.15) is 10.3 Å². The minimum atomic E-state index is 0.153. The molecule has 2 aromatic rings. The van der Waals surface area contributed by atoms with Crippen LogP contribution in [0.25, 0.3) is 11.2 Å². The van der Waals surface area contributed by atoms with E-state index < -0.39 is 0 Å². The lowest BCUT2D eigenvalue weighted by Gasteiger charge is -2.13. The van der Waals surface area contributed by atoms with Crippen molar-refractivity contribution in [2.45, 2.75) is 18.4 Å². The van der Waals surface area contributed by atoms with Gasteiger partial charge in [-0.25, -0.2) is 4.98 Å². The molecule has 0 radical (unpaired) electrons. The van der Waals surface area contributed by atoms with E-state index in [2.05, 4.69) is 31.8 Å². The average Bonchev–Trinajstić information content (AvgIpc) is 2.89. The first-order valence-electron chi connectivity index (χ1n) is 4.70. The molecule has 0 amide bonds. The standard InChI is InChI=1S/C9H11N5/c1-10-9(2-3-9)6-4-7-8(11-5-6)13-14-12-7/h4-5,10H,2-3H2,1H3,(H,11,12,13,14). The molecule has 1 fully saturated rings. The van der Waals surface area contributed by atoms with Gasteiger partial charge in [0.25, 0.3) is 0 Å². The van der Waals surface area contributed by atoms with E-state index in [0.717, 1.165) is 5.52 Å². The molecule has 2 N–H and O–H groups in total. The van der Waals surface area contributed by atoms with Crippen molar-refractivity contribution in [3.8, 4) is 0 Å². The highest BCUT2D eigenvalue weighted by atomic mass is 15.3. The second-order valence-electron chi connectivity index (χ2n) is 3.72. The average molecular weight is 189 g/mol. The number of aromatic amines is 1. The molecule has 5 heteroatoms. The Labute approximate surface area is 80.9 Å². The molecule has 5 nitrogen and oxygen atoms in total. The molecule has 1 aliphatic rings. The number of hydrogen-bond donors (Lipinski definition) is 2. The van der Waals surface area contributed by atoms with Gasteiger partial charge in [0.2, 0.25) is 5.65 Å². The van der Waals surface area contributed by atoms with Crippen LogP contribution in [0.5, 0.6) is 0 Å². The maximum absolute atomic E-state index is 4.25. The molecule has 0 bridgehead atoms. The number of pyridine rings is 1. The van der Waals surface area contributed by atoms with Crippen molar-refractivity contribution in [2.24, 2.45) is 0 Å². The molecule has 1 aliphatic carbocycles. The molecule has 2 aromatic heterocycles. The predicted molar refractivity (Wildman–Crippen MR) is 51.7 cm³/mol. The summed E-state index contributed by atoms with van der Waals surface area (Å²) in [6.07, 6.45) is 4.23. The van der Waals surface area contributed by atoms with Crippen LogP contribution in [0.2, 0.25) is 0 Å². The summed E-state index contributed by atoms with van der Waals surface area (Å²) in [5.41, 5.74) is 2.88. The van der Waals surface area contributed by atoms with E-state index in [4.69, 9.17) is 0 Å². The van der Waals surface area contributed by atoms with Gasteiger partial charge < -0.3 is 5.32 Å². The quantitative estimate of drug-likeness (QED) is 0.724. The zero-order valence-electron chi connectivity index (χ0n) is 7.91. The maximum Gasteiger partial charge on any atom is 0.201 e. The first-order valence-corrected chi connectivity index (χ1v) is 4.70. The van der Waals surface area contributed by atoms with E-state index in [1.807, 2.05) is 13.2 Å². The third-order valence-corrected chi connectivity index (χ3v) is 2.95. The van der Waals surface area contributed by atoms with Gasteiger partial charge in [-0.15, -0.1) is 5.10 Å². The highest BCUT2D eigenvalue weighted by molar-refractivity contribution is 5.69. The number of H-pyrrole nitrogens is 1. The second-order valence-corrected chi connectivity index (χ2v) is 3.72. The molecule has 0 atom stereocenters. The van der Waals surface area contributed by atoms with Gasteiger partial charge in [-0.05, 0) is 31.5 Å². The van der Waals surface area contributed by atoms with Crippen LogP contribution in [0.4, 0.5) is 0 Å². The zero-order chi connectivity index (χ0) is 9.60. The third kappa shape index (κ3) is 0.957. The fraction of sp³-hybridized carbons (Fsp3) is 0.444. The summed E-state index contributed by atoms with van der Waals surface area (Å²) in [4.78, 5) is 4.25. The Morgan fingerprint density at radius 3 is 3.00 bits per heavy atom. The molecule has 0 saturated heterocycles. The van der Waals surface area contributed by atoms with Crippen LogP contribution < -0.4 is 5.32 Å². The summed E-state index contributed by atoms with van der Waals surface area (Å²) in [6, 6.07) is 2.05. The van der Waals surface area contributed by atoms with E-state index in [1.54, 1.807) is 0 Å². The Morgan fingerprint density at radius 2 is 2.29 bits per heavy atom. The Bertz CT molecular complexity index is 471. The van der Waals surface area contributed by atoms with Crippen molar-refractivity contribution in [3.05, 3.63) is 17.8 Å². The molecule has 0 unspecified atom stereocenters. The topological polar surface area (TPSA) is 66.5 Å². The van der Waals surface area contributed by atoms with Gasteiger partial charge in [-0.1, -0.05) is 0 Å². The number of hydrogen-bond acceptors (Lipinski definition) is 4. The first-order chi connectivity index (χ1) is 6.84. The normalized spacial score (nSPS) is 18.6. The largest absolute Gasteiger partial charge is 0.310 e. The van der Waals surface area contributed by atoms with Gasteiger partial charge in [0.05, 0.1) is 0 Å². The van der Waals surface area contributed by atoms with Crippen LogP contribution in [0, 0.1) is 0 Å². The smallest absolute Gasteiger partial charge is 0.201 e. The van der Waals surface area contributed by atoms with Crippen molar-refractivity contribution in [1.82, 2.24) is 25.7 Å². The van der Waals surface area contributed by atoms with E-state index in [9.17, 15) is 0 Å². The molecule has 72 valence electrons. The molecule has 2 heterocycles. The van der Waals surface area contributed by atoms with E-state index in [1.165, 1.54) is 18.4 Å². The molecule has 1 saturated carbocycles. The summed E-state index contributed by atoms with van der Waals surface area (Å²) < 4.78 is 0. The molecular formula is C9H11N5. The van der Waals surface area contributed by atoms with Crippen molar-refractivity contribution >= 4 is 11.2 Å². The molecule has 0 spiro atoms. The van der Waals surface area contributed by atoms with Crippen LogP contribution in [-0.4, -0.2) is 27.4 Å². The van der Waals surface area contributed by atoms with Crippen LogP contribution in [0.3, 0.4) is 0 Å². The second kappa shape index (κ2) is 2.51. The van der Waals surface area contributed by atoms with Crippen molar-refractivity contribution in [1.29, 1.82) is 0 Å². The summed E-state index contributed by atoms with van der Waals surface area (Å²) in [5, 5.41) is 13.8. The van der Waals surface area contributed by atoms with Crippen LogP contribution in [-0.2, 0) is 5.54 Å². The van der Waals surface area contributed by atoms with Crippen LogP contribution >= 0.6 is 0 Å². The lowest BCUT2D eigenvalue weighted by molar-refractivity contribution is 0.584. The first kappa shape index (κ1) is 7.87. The summed E-state index contributed by atoms with van der Waals surface area (Å²) >= 11 is 0. The van der Waals surface area contributed by atoms with E-state index in [-0.39, 0.29) is 5.54 Å². The number of fused-ring (bicyclic) bond motifs is 1. The highest BCUT2D eigenvalue weighted by Gasteiger charge is 2.43. The minimum absolute atomic E-state index is 0.153. The highest BCUT2D eigenvalue weighted by Crippen LogP contribution is 2.45. The van der Waals surface area contributed by atoms with Gasteiger partial charge in [-0.3, -0.25) is 0 Å². The number of nitrogens with one attached hydrogen (secondary N) is 2. The van der Waals surface area contributed by atoms with E-state index >= 15 is 0 Å². The predicted octanol–water partition coefficient (Wildman–Crippen LogP) is 0.561. The summed E-state index contributed by atoms with van der Waals surface area (Å²) in [5.74, 6) is 0. The van der Waals surface area contributed by atoms with Gasteiger partial charge in [0.15, 0.2) is 0 Å². The SMILES string of the molecule is CNC1(c2cnc3n[nH]nc3c2)CC1. The van der Waals surface area contributed by atoms with Gasteiger partial charge in [0.1, 0.15) is 5.52 Å². The molecule has 0 aromatic carbocycles. The number of rotatable bonds is 2. The number of aromatic nitrogens is 4.